The molecule has 4 aromatic rings. The van der Waals surface area contributed by atoms with Crippen LogP contribution in [0.25, 0.3) is 5.65 Å². The molecule has 0 atom stereocenters. The van der Waals surface area contributed by atoms with Gasteiger partial charge in [0, 0.05) is 54.2 Å². The number of imidazole rings is 1. The van der Waals surface area contributed by atoms with E-state index in [1.165, 1.54) is 24.5 Å². The van der Waals surface area contributed by atoms with Gasteiger partial charge in [-0.25, -0.2) is 4.98 Å². The second-order valence-corrected chi connectivity index (χ2v) is 7.56. The van der Waals surface area contributed by atoms with Crippen LogP contribution in [0.2, 0.25) is 0 Å². The Bertz CT molecular complexity index is 1330. The molecule has 0 spiro atoms. The van der Waals surface area contributed by atoms with Crippen molar-refractivity contribution < 1.29 is 18.0 Å². The number of nitrogens with zero attached hydrogens (tertiary/aromatic N) is 3. The van der Waals surface area contributed by atoms with Crippen molar-refractivity contribution in [3.05, 3.63) is 89.1 Å². The minimum absolute atomic E-state index is 0.0220. The summed E-state index contributed by atoms with van der Waals surface area (Å²) in [6.07, 6.45) is 2.47. The third kappa shape index (κ3) is 3.66. The number of hydrogen-bond acceptors (Lipinski definition) is 4. The van der Waals surface area contributed by atoms with Gasteiger partial charge in [-0.2, -0.15) is 13.2 Å². The zero-order valence-corrected chi connectivity index (χ0v) is 16.8. The van der Waals surface area contributed by atoms with E-state index >= 15 is 0 Å². The molecule has 6 nitrogen and oxygen atoms in total. The van der Waals surface area contributed by atoms with Crippen molar-refractivity contribution in [2.24, 2.45) is 0 Å². The van der Waals surface area contributed by atoms with Gasteiger partial charge in [0.15, 0.2) is 5.65 Å². The summed E-state index contributed by atoms with van der Waals surface area (Å²) in [6, 6.07) is 9.08. The first kappa shape index (κ1) is 20.0. The number of alkyl halides is 3. The first-order chi connectivity index (χ1) is 15.4. The Hall–Kier alpha value is -3.88. The third-order valence-corrected chi connectivity index (χ3v) is 5.56. The minimum atomic E-state index is -4.57. The maximum atomic E-state index is 13.8. The average Bonchev–Trinajstić information content (AvgIpc) is 3.40. The van der Waals surface area contributed by atoms with Gasteiger partial charge in [-0.15, -0.1) is 0 Å². The molecule has 2 N–H and O–H groups in total. The van der Waals surface area contributed by atoms with Crippen LogP contribution in [-0.4, -0.2) is 26.8 Å². The maximum Gasteiger partial charge on any atom is 0.416 e. The van der Waals surface area contributed by atoms with Gasteiger partial charge in [0.25, 0.3) is 5.91 Å². The summed E-state index contributed by atoms with van der Waals surface area (Å²) in [5.74, 6) is -0.468. The Morgan fingerprint density at radius 3 is 2.91 bits per heavy atom. The molecule has 2 aromatic heterocycles. The van der Waals surface area contributed by atoms with Crippen molar-refractivity contribution in [1.29, 1.82) is 0 Å². The first-order valence-electron chi connectivity index (χ1n) is 10.0. The van der Waals surface area contributed by atoms with Gasteiger partial charge in [0.05, 0.1) is 11.8 Å². The molecule has 0 radical (unpaired) electrons. The molecule has 3 heterocycles. The molecule has 2 aromatic carbocycles. The number of halogens is 3. The predicted octanol–water partition coefficient (Wildman–Crippen LogP) is 4.56. The molecule has 5 rings (SSSR count). The van der Waals surface area contributed by atoms with Crippen molar-refractivity contribution >= 4 is 22.9 Å². The van der Waals surface area contributed by atoms with E-state index in [1.54, 1.807) is 28.9 Å². The normalized spacial score (nSPS) is 13.1. The lowest BCUT2D eigenvalue weighted by molar-refractivity contribution is -0.138. The molecule has 0 bridgehead atoms. The molecule has 1 aliphatic rings. The first-order valence-corrected chi connectivity index (χ1v) is 10.0. The Kier molecular flexibility index (Phi) is 4.80. The van der Waals surface area contributed by atoms with E-state index in [2.05, 4.69) is 20.6 Å². The molecule has 1 aliphatic heterocycles. The van der Waals surface area contributed by atoms with Gasteiger partial charge in [-0.3, -0.25) is 9.78 Å². The predicted molar refractivity (Wildman–Crippen MR) is 114 cm³/mol. The molecule has 9 heteroatoms. The third-order valence-electron chi connectivity index (χ3n) is 5.56. The maximum absolute atomic E-state index is 13.8. The fraction of sp³-hybridized carbons (Fsp3) is 0.174. The van der Waals surface area contributed by atoms with Crippen LogP contribution in [0.5, 0.6) is 0 Å². The number of carbonyl (C=O) groups is 1. The van der Waals surface area contributed by atoms with Gasteiger partial charge in [-0.1, -0.05) is 12.1 Å². The molecule has 0 unspecified atom stereocenters. The number of amides is 1. The quantitative estimate of drug-likeness (QED) is 0.491. The van der Waals surface area contributed by atoms with Crippen molar-refractivity contribution in [3.63, 3.8) is 0 Å². The molecule has 0 aliphatic carbocycles. The Balaban J connectivity index is 1.53. The van der Waals surface area contributed by atoms with Gasteiger partial charge < -0.3 is 15.0 Å². The largest absolute Gasteiger partial charge is 0.416 e. The SMILES string of the molecule is O=C(Nc1cccc(C(F)(F)F)c1Cc1cnc2cnccn12)c1ccc2c(c1)NCC2. The van der Waals surface area contributed by atoms with E-state index in [0.29, 0.717) is 16.9 Å². The van der Waals surface area contributed by atoms with Crippen LogP contribution < -0.4 is 10.6 Å². The molecule has 0 fully saturated rings. The summed E-state index contributed by atoms with van der Waals surface area (Å²) in [5, 5.41) is 5.89. The van der Waals surface area contributed by atoms with E-state index in [9.17, 15) is 18.0 Å². The van der Waals surface area contributed by atoms with Crippen LogP contribution in [0.4, 0.5) is 24.5 Å². The molecular weight excluding hydrogens is 419 g/mol. The Morgan fingerprint density at radius 2 is 2.06 bits per heavy atom. The van der Waals surface area contributed by atoms with E-state index in [4.69, 9.17) is 0 Å². The number of carbonyl (C=O) groups excluding carboxylic acids is 1. The van der Waals surface area contributed by atoms with E-state index < -0.39 is 17.6 Å². The summed E-state index contributed by atoms with van der Waals surface area (Å²) in [7, 11) is 0. The molecule has 32 heavy (non-hydrogen) atoms. The van der Waals surface area contributed by atoms with Crippen LogP contribution >= 0.6 is 0 Å². The van der Waals surface area contributed by atoms with Crippen LogP contribution in [-0.2, 0) is 19.0 Å². The van der Waals surface area contributed by atoms with E-state index in [1.807, 2.05) is 6.07 Å². The monoisotopic (exact) mass is 437 g/mol. The summed E-state index contributed by atoms with van der Waals surface area (Å²) in [6.45, 7) is 0.799. The highest BCUT2D eigenvalue weighted by molar-refractivity contribution is 6.05. The lowest BCUT2D eigenvalue weighted by atomic mass is 9.99. The number of anilines is 2. The number of hydrogen-bond donors (Lipinski definition) is 2. The second kappa shape index (κ2) is 7.67. The standard InChI is InChI=1S/C23H18F3N5O/c24-23(25,26)18-2-1-3-19(17(18)11-16-12-29-21-13-27-8-9-31(16)21)30-22(32)15-5-4-14-6-7-28-20(14)10-15/h1-5,8-10,12-13,28H,6-7,11H2,(H,30,32). The molecule has 0 saturated heterocycles. The van der Waals surface area contributed by atoms with Crippen molar-refractivity contribution in [1.82, 2.24) is 14.4 Å². The minimum Gasteiger partial charge on any atom is -0.384 e. The molecular formula is C23H18F3N5O. The number of aromatic nitrogens is 3. The second-order valence-electron chi connectivity index (χ2n) is 7.56. The van der Waals surface area contributed by atoms with Crippen LogP contribution in [0.1, 0.15) is 32.7 Å². The lowest BCUT2D eigenvalue weighted by Gasteiger charge is -2.18. The van der Waals surface area contributed by atoms with Crippen molar-refractivity contribution in [2.45, 2.75) is 19.0 Å². The van der Waals surface area contributed by atoms with Gasteiger partial charge in [0.1, 0.15) is 0 Å². The van der Waals surface area contributed by atoms with Crippen LogP contribution in [0.3, 0.4) is 0 Å². The van der Waals surface area contributed by atoms with Crippen LogP contribution in [0.15, 0.2) is 61.2 Å². The fourth-order valence-corrected chi connectivity index (χ4v) is 3.99. The number of nitrogens with one attached hydrogen (secondary N) is 2. The highest BCUT2D eigenvalue weighted by Crippen LogP contribution is 2.36. The zero-order chi connectivity index (χ0) is 22.3. The van der Waals surface area contributed by atoms with Crippen molar-refractivity contribution in [2.75, 3.05) is 17.2 Å². The van der Waals surface area contributed by atoms with Crippen LogP contribution in [0, 0.1) is 0 Å². The summed E-state index contributed by atoms with van der Waals surface area (Å²) in [5.41, 5.74) is 2.75. The molecule has 1 amide bonds. The Morgan fingerprint density at radius 1 is 1.19 bits per heavy atom. The summed E-state index contributed by atoms with van der Waals surface area (Å²) < 4.78 is 43.2. The summed E-state index contributed by atoms with van der Waals surface area (Å²) in [4.78, 5) is 21.1. The molecule has 162 valence electrons. The lowest BCUT2D eigenvalue weighted by Crippen LogP contribution is -2.17. The highest BCUT2D eigenvalue weighted by atomic mass is 19.4. The average molecular weight is 437 g/mol. The topological polar surface area (TPSA) is 71.3 Å². The number of rotatable bonds is 4. The van der Waals surface area contributed by atoms with E-state index in [0.717, 1.165) is 30.3 Å². The van der Waals surface area contributed by atoms with Crippen molar-refractivity contribution in [3.8, 4) is 0 Å². The number of fused-ring (bicyclic) bond motifs is 2. The van der Waals surface area contributed by atoms with Gasteiger partial charge in [0.2, 0.25) is 0 Å². The van der Waals surface area contributed by atoms with Gasteiger partial charge >= 0.3 is 6.18 Å². The molecule has 0 saturated carbocycles. The summed E-state index contributed by atoms with van der Waals surface area (Å²) >= 11 is 0. The highest BCUT2D eigenvalue weighted by Gasteiger charge is 2.34. The van der Waals surface area contributed by atoms with Gasteiger partial charge in [-0.05, 0) is 41.8 Å². The smallest absolute Gasteiger partial charge is 0.384 e. The Labute approximate surface area is 181 Å². The van der Waals surface area contributed by atoms with E-state index in [-0.39, 0.29) is 17.7 Å². The zero-order valence-electron chi connectivity index (χ0n) is 16.8. The number of benzene rings is 2. The fourth-order valence-electron chi connectivity index (χ4n) is 3.99.